The number of para-hydroxylation sites is 2. The molecule has 1 unspecified atom stereocenters. The van der Waals surface area contributed by atoms with Gasteiger partial charge in [0.2, 0.25) is 0 Å². The molecule has 2 atom stereocenters. The number of nitrogens with zero attached hydrogens (tertiary/aromatic N) is 1. The molecule has 0 aliphatic heterocycles. The lowest BCUT2D eigenvalue weighted by Gasteiger charge is -2.23. The Labute approximate surface area is 196 Å². The Morgan fingerprint density at radius 3 is 2.39 bits per heavy atom. The van der Waals surface area contributed by atoms with Crippen molar-refractivity contribution in [2.45, 2.75) is 19.6 Å². The van der Waals surface area contributed by atoms with Crippen molar-refractivity contribution in [3.63, 3.8) is 0 Å². The van der Waals surface area contributed by atoms with Gasteiger partial charge in [0, 0.05) is 0 Å². The maximum atomic E-state index is 12.5. The zero-order valence-corrected chi connectivity index (χ0v) is 19.7. The molecule has 6 nitrogen and oxygen atoms in total. The van der Waals surface area contributed by atoms with E-state index in [-0.39, 0.29) is 6.61 Å². The van der Waals surface area contributed by atoms with Crippen LogP contribution in [-0.2, 0) is 16.1 Å². The van der Waals surface area contributed by atoms with Crippen LogP contribution in [0.2, 0.25) is 0 Å². The summed E-state index contributed by atoms with van der Waals surface area (Å²) in [6.45, 7) is 1.86. The first-order valence-electron chi connectivity index (χ1n) is 9.43. The predicted molar refractivity (Wildman–Crippen MR) is 127 cm³/mol. The van der Waals surface area contributed by atoms with Gasteiger partial charge in [-0.3, -0.25) is 4.79 Å². The van der Waals surface area contributed by atoms with Gasteiger partial charge in [-0.2, -0.15) is 5.26 Å². The second-order valence-electron chi connectivity index (χ2n) is 6.43. The Hall–Kier alpha value is -2.66. The number of halogens is 1. The van der Waals surface area contributed by atoms with Gasteiger partial charge in [0.1, 0.15) is 24.5 Å². The van der Waals surface area contributed by atoms with E-state index >= 15 is 0 Å². The molecule has 8 heteroatoms. The zero-order valence-electron chi connectivity index (χ0n) is 16.7. The predicted octanol–water partition coefficient (Wildman–Crippen LogP) is 5.57. The number of carbonyl (C=O) groups is 1. The normalized spacial score (nSPS) is 12.3. The first kappa shape index (κ1) is 23.0. The van der Waals surface area contributed by atoms with E-state index in [4.69, 9.17) is 13.8 Å². The summed E-state index contributed by atoms with van der Waals surface area (Å²) < 4.78 is 18.2. The van der Waals surface area contributed by atoms with Crippen LogP contribution >= 0.6 is 31.1 Å². The van der Waals surface area contributed by atoms with E-state index in [0.717, 1.165) is 9.13 Å². The maximum absolute atomic E-state index is 12.5. The monoisotopic (exact) mass is 546 g/mol. The van der Waals surface area contributed by atoms with Crippen molar-refractivity contribution in [3.8, 4) is 17.6 Å². The minimum atomic E-state index is -1.79. The molecule has 1 N–H and O–H groups in total. The van der Waals surface area contributed by atoms with Crippen molar-refractivity contribution in [1.29, 1.82) is 5.26 Å². The summed E-state index contributed by atoms with van der Waals surface area (Å²) in [6, 6.07) is 25.3. The van der Waals surface area contributed by atoms with E-state index in [1.807, 2.05) is 54.6 Å². The average Bonchev–Trinajstić information content (AvgIpc) is 2.80. The van der Waals surface area contributed by atoms with E-state index in [9.17, 15) is 10.1 Å². The van der Waals surface area contributed by atoms with E-state index in [0.29, 0.717) is 17.1 Å². The lowest BCUT2D eigenvalue weighted by molar-refractivity contribution is -0.146. The molecule has 3 aromatic carbocycles. The Morgan fingerprint density at radius 2 is 1.71 bits per heavy atom. The van der Waals surface area contributed by atoms with Gasteiger partial charge in [-0.15, -0.1) is 0 Å². The molecular weight excluding hydrogens is 526 g/mol. The van der Waals surface area contributed by atoms with Crippen molar-refractivity contribution in [3.05, 3.63) is 93.6 Å². The number of rotatable bonds is 9. The molecule has 0 aromatic heterocycles. The quantitative estimate of drug-likeness (QED) is 0.215. The number of nitrogens with one attached hydrogen (secondary N) is 1. The molecule has 0 heterocycles. The van der Waals surface area contributed by atoms with Crippen LogP contribution in [-0.4, -0.2) is 12.0 Å². The van der Waals surface area contributed by atoms with Crippen LogP contribution in [0.5, 0.6) is 11.5 Å². The highest BCUT2D eigenvalue weighted by molar-refractivity contribution is 14.1. The van der Waals surface area contributed by atoms with Crippen LogP contribution in [0, 0.1) is 14.9 Å². The highest BCUT2D eigenvalue weighted by Crippen LogP contribution is 2.40. The van der Waals surface area contributed by atoms with Crippen LogP contribution in [0.3, 0.4) is 0 Å². The fraction of sp³-hybridized carbons (Fsp3) is 0.130. The first-order valence-corrected chi connectivity index (χ1v) is 11.7. The van der Waals surface area contributed by atoms with Crippen molar-refractivity contribution in [1.82, 2.24) is 5.09 Å². The van der Waals surface area contributed by atoms with Gasteiger partial charge in [-0.05, 0) is 59.3 Å². The minimum Gasteiger partial charge on any atom is -0.460 e. The molecule has 3 aromatic rings. The van der Waals surface area contributed by atoms with Gasteiger partial charge in [0.15, 0.2) is 5.75 Å². The van der Waals surface area contributed by atoms with Crippen LogP contribution < -0.4 is 14.1 Å². The summed E-state index contributed by atoms with van der Waals surface area (Å²) >= 11 is 2.10. The molecule has 0 saturated heterocycles. The molecule has 0 radical (unpaired) electrons. The second kappa shape index (κ2) is 11.7. The first-order chi connectivity index (χ1) is 15.1. The molecule has 0 bridgehead atoms. The Bertz CT molecular complexity index is 1040. The van der Waals surface area contributed by atoms with Gasteiger partial charge in [-0.25, -0.2) is 5.09 Å². The van der Waals surface area contributed by atoms with E-state index < -0.39 is 20.5 Å². The van der Waals surface area contributed by atoms with Gasteiger partial charge < -0.3 is 13.8 Å². The van der Waals surface area contributed by atoms with Gasteiger partial charge in [0.05, 0.1) is 9.13 Å². The number of hydrogen-bond acceptors (Lipinski definition) is 6. The van der Waals surface area contributed by atoms with Gasteiger partial charge in [0.25, 0.3) is 0 Å². The Balaban J connectivity index is 1.72. The number of hydrogen-bond donors (Lipinski definition) is 1. The van der Waals surface area contributed by atoms with Crippen LogP contribution in [0.4, 0.5) is 0 Å². The molecular formula is C23H20IN2O4P. The molecule has 0 spiro atoms. The average molecular weight is 546 g/mol. The van der Waals surface area contributed by atoms with Crippen LogP contribution in [0.25, 0.3) is 0 Å². The topological polar surface area (TPSA) is 80.6 Å². The van der Waals surface area contributed by atoms with Crippen LogP contribution in [0.15, 0.2) is 78.9 Å². The SMILES string of the molecule is C[C@H](NP(Oc1ccccc1)Oc1c(I)cccc1C#N)C(=O)OCc1ccccc1. The third kappa shape index (κ3) is 6.93. The van der Waals surface area contributed by atoms with E-state index in [1.165, 1.54) is 0 Å². The summed E-state index contributed by atoms with van der Waals surface area (Å²) in [7, 11) is -1.79. The summed E-state index contributed by atoms with van der Waals surface area (Å²) in [4.78, 5) is 12.5. The van der Waals surface area contributed by atoms with E-state index in [1.54, 1.807) is 31.2 Å². The lowest BCUT2D eigenvalue weighted by atomic mass is 10.2. The highest BCUT2D eigenvalue weighted by Gasteiger charge is 2.25. The zero-order chi connectivity index (χ0) is 22.1. The minimum absolute atomic E-state index is 0.180. The molecule has 3 rings (SSSR count). The summed E-state index contributed by atoms with van der Waals surface area (Å²) in [5, 5.41) is 12.5. The number of nitriles is 1. The fourth-order valence-corrected chi connectivity index (χ4v) is 4.51. The van der Waals surface area contributed by atoms with Crippen LogP contribution in [0.1, 0.15) is 18.1 Å². The molecule has 0 aliphatic carbocycles. The second-order valence-corrected chi connectivity index (χ2v) is 8.72. The van der Waals surface area contributed by atoms with Crippen molar-refractivity contribution >= 4 is 37.1 Å². The van der Waals surface area contributed by atoms with Gasteiger partial charge in [-0.1, -0.05) is 54.6 Å². The number of benzene rings is 3. The highest BCUT2D eigenvalue weighted by atomic mass is 127. The Morgan fingerprint density at radius 1 is 1.03 bits per heavy atom. The molecule has 158 valence electrons. The third-order valence-electron chi connectivity index (χ3n) is 4.07. The third-order valence-corrected chi connectivity index (χ3v) is 6.24. The Kier molecular flexibility index (Phi) is 8.65. The fourth-order valence-electron chi connectivity index (χ4n) is 2.49. The molecule has 0 aliphatic rings. The lowest BCUT2D eigenvalue weighted by Crippen LogP contribution is -2.34. The van der Waals surface area contributed by atoms with Crippen molar-refractivity contribution in [2.75, 3.05) is 0 Å². The molecule has 0 saturated carbocycles. The number of esters is 1. The van der Waals surface area contributed by atoms with E-state index in [2.05, 4.69) is 33.7 Å². The standard InChI is InChI=1S/C23H20IN2O4P/c1-17(23(27)28-16-18-9-4-2-5-10-18)26-31(29-20-12-6-3-7-13-20)30-22-19(15-25)11-8-14-21(22)24/h2-14,17,26H,16H2,1H3/t17-,31?/m0/s1. The molecule has 31 heavy (non-hydrogen) atoms. The molecule has 0 amide bonds. The summed E-state index contributed by atoms with van der Waals surface area (Å²) in [5.41, 5.74) is 1.29. The van der Waals surface area contributed by atoms with Gasteiger partial charge >= 0.3 is 14.5 Å². The van der Waals surface area contributed by atoms with Crippen molar-refractivity contribution in [2.24, 2.45) is 0 Å². The molecule has 0 fully saturated rings. The maximum Gasteiger partial charge on any atom is 0.382 e. The summed E-state index contributed by atoms with van der Waals surface area (Å²) in [6.07, 6.45) is 0. The number of ether oxygens (including phenoxy) is 1. The largest absolute Gasteiger partial charge is 0.460 e. The smallest absolute Gasteiger partial charge is 0.382 e. The summed E-state index contributed by atoms with van der Waals surface area (Å²) in [5.74, 6) is 0.556. The number of carbonyl (C=O) groups excluding carboxylic acids is 1. The van der Waals surface area contributed by atoms with Crippen molar-refractivity contribution < 1.29 is 18.6 Å².